The van der Waals surface area contributed by atoms with Crippen molar-refractivity contribution in [3.63, 3.8) is 0 Å². The van der Waals surface area contributed by atoms with Gasteiger partial charge in [-0.3, -0.25) is 5.26 Å². The van der Waals surface area contributed by atoms with Gasteiger partial charge < -0.3 is 0 Å². The Hall–Kier alpha value is -2.15. The normalized spacial score (nSPS) is 21.1. The third-order valence-electron chi connectivity index (χ3n) is 5.70. The first kappa shape index (κ1) is 18.6. The number of hydrogen-bond acceptors (Lipinski definition) is 3. The Labute approximate surface area is 156 Å². The van der Waals surface area contributed by atoms with Gasteiger partial charge in [-0.15, -0.1) is 0 Å². The van der Waals surface area contributed by atoms with Gasteiger partial charge in [0, 0.05) is 0 Å². The van der Waals surface area contributed by atoms with Crippen LogP contribution in [0.3, 0.4) is 0 Å². The Bertz CT molecular complexity index is 722. The second-order valence-corrected chi connectivity index (χ2v) is 7.39. The van der Waals surface area contributed by atoms with Crippen molar-refractivity contribution < 1.29 is 10.1 Å². The van der Waals surface area contributed by atoms with E-state index in [2.05, 4.69) is 25.1 Å². The zero-order valence-electron chi connectivity index (χ0n) is 15.4. The fourth-order valence-corrected chi connectivity index (χ4v) is 4.18. The van der Waals surface area contributed by atoms with Gasteiger partial charge in [0.1, 0.15) is 6.10 Å². The van der Waals surface area contributed by atoms with Crippen LogP contribution in [0, 0.1) is 17.2 Å². The average molecular weight is 349 g/mol. The molecule has 1 N–H and O–H groups in total. The predicted octanol–water partition coefficient (Wildman–Crippen LogP) is 6.21. The summed E-state index contributed by atoms with van der Waals surface area (Å²) < 4.78 is 0. The van der Waals surface area contributed by atoms with Crippen LogP contribution in [-0.2, 0) is 4.89 Å². The van der Waals surface area contributed by atoms with Gasteiger partial charge in [-0.25, -0.2) is 4.89 Å². The molecule has 0 aromatic heterocycles. The number of benzene rings is 2. The lowest BCUT2D eigenvalue weighted by Gasteiger charge is -2.28. The highest BCUT2D eigenvalue weighted by molar-refractivity contribution is 5.37. The van der Waals surface area contributed by atoms with E-state index in [1.165, 1.54) is 44.1 Å². The van der Waals surface area contributed by atoms with Crippen LogP contribution < -0.4 is 0 Å². The maximum absolute atomic E-state index is 9.39. The lowest BCUT2D eigenvalue weighted by Crippen LogP contribution is -2.13. The number of nitrogens with zero attached hydrogens (tertiary/aromatic N) is 1. The van der Waals surface area contributed by atoms with Crippen LogP contribution in [0.25, 0.3) is 0 Å². The Morgan fingerprint density at radius 2 is 1.58 bits per heavy atom. The van der Waals surface area contributed by atoms with E-state index in [1.54, 1.807) is 12.1 Å². The molecule has 1 atom stereocenters. The molecule has 1 unspecified atom stereocenters. The maximum atomic E-state index is 9.39. The van der Waals surface area contributed by atoms with E-state index in [0.29, 0.717) is 11.5 Å². The van der Waals surface area contributed by atoms with Crippen molar-refractivity contribution >= 4 is 0 Å². The molecule has 0 saturated heterocycles. The lowest BCUT2D eigenvalue weighted by atomic mass is 9.77. The third kappa shape index (κ3) is 4.33. The number of hydrogen-bond donors (Lipinski definition) is 1. The van der Waals surface area contributed by atoms with Crippen LogP contribution in [0.5, 0.6) is 0 Å². The molecular formula is C23H27NO2. The zero-order chi connectivity index (χ0) is 18.4. The molecule has 1 aliphatic carbocycles. The molecule has 136 valence electrons. The van der Waals surface area contributed by atoms with E-state index < -0.39 is 6.10 Å². The van der Waals surface area contributed by atoms with E-state index >= 15 is 0 Å². The molecule has 0 heterocycles. The monoisotopic (exact) mass is 349 g/mol. The molecule has 2 aromatic carbocycles. The van der Waals surface area contributed by atoms with Crippen LogP contribution >= 0.6 is 0 Å². The summed E-state index contributed by atoms with van der Waals surface area (Å²) in [5, 5.41) is 18.3. The largest absolute Gasteiger partial charge is 0.251 e. The summed E-state index contributed by atoms with van der Waals surface area (Å²) in [5.74, 6) is 1.57. The van der Waals surface area contributed by atoms with E-state index in [4.69, 9.17) is 10.1 Å². The second-order valence-electron chi connectivity index (χ2n) is 7.39. The third-order valence-corrected chi connectivity index (χ3v) is 5.70. The SMILES string of the molecule is CCCC1CCC(c2ccc(C(OO)c3ccc(C#N)cc3)cc2)CC1. The summed E-state index contributed by atoms with van der Waals surface area (Å²) in [6.07, 6.45) is 7.37. The summed E-state index contributed by atoms with van der Waals surface area (Å²) in [6.45, 7) is 2.28. The van der Waals surface area contributed by atoms with Crippen molar-refractivity contribution in [1.29, 1.82) is 5.26 Å². The summed E-state index contributed by atoms with van der Waals surface area (Å²) in [6, 6.07) is 17.7. The van der Waals surface area contributed by atoms with Crippen molar-refractivity contribution in [2.75, 3.05) is 0 Å². The fourth-order valence-electron chi connectivity index (χ4n) is 4.18. The topological polar surface area (TPSA) is 53.2 Å². The van der Waals surface area contributed by atoms with Crippen molar-refractivity contribution in [3.8, 4) is 6.07 Å². The summed E-state index contributed by atoms with van der Waals surface area (Å²) in [5.41, 5.74) is 3.74. The summed E-state index contributed by atoms with van der Waals surface area (Å²) >= 11 is 0. The van der Waals surface area contributed by atoms with E-state index in [0.717, 1.165) is 17.0 Å². The first-order valence-electron chi connectivity index (χ1n) is 9.65. The minimum Gasteiger partial charge on any atom is -0.251 e. The Balaban J connectivity index is 1.69. The first-order valence-corrected chi connectivity index (χ1v) is 9.65. The Morgan fingerprint density at radius 3 is 2.08 bits per heavy atom. The first-order chi connectivity index (χ1) is 12.7. The average Bonchev–Trinajstić information content (AvgIpc) is 2.70. The summed E-state index contributed by atoms with van der Waals surface area (Å²) in [7, 11) is 0. The smallest absolute Gasteiger partial charge is 0.143 e. The van der Waals surface area contributed by atoms with Gasteiger partial charge in [0.05, 0.1) is 11.6 Å². The van der Waals surface area contributed by atoms with Gasteiger partial charge in [0.25, 0.3) is 0 Å². The van der Waals surface area contributed by atoms with Crippen LogP contribution in [0.1, 0.15) is 79.7 Å². The Morgan fingerprint density at radius 1 is 1.00 bits per heavy atom. The van der Waals surface area contributed by atoms with E-state index in [-0.39, 0.29) is 0 Å². The summed E-state index contributed by atoms with van der Waals surface area (Å²) in [4.78, 5) is 4.74. The molecule has 3 heteroatoms. The maximum Gasteiger partial charge on any atom is 0.143 e. The highest BCUT2D eigenvalue weighted by atomic mass is 17.1. The molecule has 3 rings (SSSR count). The minimum atomic E-state index is -0.530. The quantitative estimate of drug-likeness (QED) is 0.498. The molecule has 0 spiro atoms. The van der Waals surface area contributed by atoms with Gasteiger partial charge in [0.15, 0.2) is 0 Å². The Kier molecular flexibility index (Phi) is 6.44. The molecule has 0 radical (unpaired) electrons. The van der Waals surface area contributed by atoms with Crippen LogP contribution in [0.15, 0.2) is 48.5 Å². The second kappa shape index (κ2) is 8.98. The number of rotatable bonds is 6. The van der Waals surface area contributed by atoms with E-state index in [9.17, 15) is 5.26 Å². The zero-order valence-corrected chi connectivity index (χ0v) is 15.4. The van der Waals surface area contributed by atoms with Crippen LogP contribution in [0.2, 0.25) is 0 Å². The molecule has 0 amide bonds. The lowest BCUT2D eigenvalue weighted by molar-refractivity contribution is -0.270. The minimum absolute atomic E-state index is 0.530. The van der Waals surface area contributed by atoms with Crippen LogP contribution in [0.4, 0.5) is 0 Å². The molecule has 3 nitrogen and oxygen atoms in total. The highest BCUT2D eigenvalue weighted by Crippen LogP contribution is 2.38. The molecule has 1 fully saturated rings. The van der Waals surface area contributed by atoms with Crippen molar-refractivity contribution in [2.45, 2.75) is 57.5 Å². The van der Waals surface area contributed by atoms with Gasteiger partial charge in [-0.2, -0.15) is 5.26 Å². The van der Waals surface area contributed by atoms with Gasteiger partial charge in [-0.1, -0.05) is 56.2 Å². The van der Waals surface area contributed by atoms with E-state index in [1.807, 2.05) is 24.3 Å². The molecule has 26 heavy (non-hydrogen) atoms. The number of nitriles is 1. The molecule has 2 aromatic rings. The highest BCUT2D eigenvalue weighted by Gasteiger charge is 2.22. The van der Waals surface area contributed by atoms with Crippen molar-refractivity contribution in [1.82, 2.24) is 0 Å². The van der Waals surface area contributed by atoms with Crippen LogP contribution in [-0.4, -0.2) is 5.26 Å². The van der Waals surface area contributed by atoms with Crippen molar-refractivity contribution in [3.05, 3.63) is 70.8 Å². The standard InChI is InChI=1S/C23H27NO2/c1-2-3-17-4-8-19(9-5-17)20-12-14-22(15-13-20)23(26-25)21-10-6-18(16-24)7-11-21/h6-7,10-15,17,19,23,25H,2-5,8-9H2,1H3. The molecule has 0 bridgehead atoms. The molecule has 0 aliphatic heterocycles. The van der Waals surface area contributed by atoms with Gasteiger partial charge in [-0.05, 0) is 66.3 Å². The molecular weight excluding hydrogens is 322 g/mol. The van der Waals surface area contributed by atoms with Crippen molar-refractivity contribution in [2.24, 2.45) is 5.92 Å². The fraction of sp³-hybridized carbons (Fsp3) is 0.435. The van der Waals surface area contributed by atoms with Gasteiger partial charge >= 0.3 is 0 Å². The molecule has 1 saturated carbocycles. The van der Waals surface area contributed by atoms with Gasteiger partial charge in [0.2, 0.25) is 0 Å². The molecule has 1 aliphatic rings. The predicted molar refractivity (Wildman–Crippen MR) is 103 cm³/mol.